The Kier molecular flexibility index (Phi) is 5.45. The molecule has 0 bridgehead atoms. The van der Waals surface area contributed by atoms with Crippen LogP contribution in [0.1, 0.15) is 23.6 Å². The maximum Gasteiger partial charge on any atom is 0.299 e. The second-order valence-corrected chi connectivity index (χ2v) is 6.86. The number of aryl methyl sites for hydroxylation is 2. The molecule has 0 aliphatic heterocycles. The van der Waals surface area contributed by atoms with Crippen molar-refractivity contribution in [2.75, 3.05) is 20.1 Å². The quantitative estimate of drug-likeness (QED) is 0.696. The molecule has 25 heavy (non-hydrogen) atoms. The van der Waals surface area contributed by atoms with E-state index in [4.69, 9.17) is 4.74 Å². The van der Waals surface area contributed by atoms with Crippen molar-refractivity contribution in [1.82, 2.24) is 24.5 Å². The molecule has 2 heterocycles. The van der Waals surface area contributed by atoms with Crippen molar-refractivity contribution in [3.63, 3.8) is 0 Å². The molecular weight excluding hydrogens is 334 g/mol. The summed E-state index contributed by atoms with van der Waals surface area (Å²) in [5.74, 6) is 1.43. The second-order valence-electron chi connectivity index (χ2n) is 6.15. The third-order valence-corrected chi connectivity index (χ3v) is 4.88. The zero-order valence-corrected chi connectivity index (χ0v) is 15.9. The third-order valence-electron chi connectivity index (χ3n) is 4.28. The van der Waals surface area contributed by atoms with Gasteiger partial charge in [0.05, 0.1) is 0 Å². The van der Waals surface area contributed by atoms with Crippen molar-refractivity contribution >= 4 is 11.5 Å². The molecule has 0 fully saturated rings. The number of likely N-dealkylation sites (N-methyl/N-ethyl adjacent to an activating group) is 1. The van der Waals surface area contributed by atoms with Crippen molar-refractivity contribution in [3.05, 3.63) is 41.1 Å². The van der Waals surface area contributed by atoms with Crippen LogP contribution in [0.15, 0.2) is 24.4 Å². The van der Waals surface area contributed by atoms with Gasteiger partial charge in [-0.25, -0.2) is 0 Å². The third kappa shape index (κ3) is 4.24. The molecular formula is C18H23N5OS. The molecule has 0 aliphatic carbocycles. The summed E-state index contributed by atoms with van der Waals surface area (Å²) in [6, 6.07) is 6.14. The van der Waals surface area contributed by atoms with Crippen LogP contribution in [0.2, 0.25) is 0 Å². The molecule has 0 saturated heterocycles. The highest BCUT2D eigenvalue weighted by Crippen LogP contribution is 2.30. The smallest absolute Gasteiger partial charge is 0.299 e. The lowest BCUT2D eigenvalue weighted by Crippen LogP contribution is -2.20. The van der Waals surface area contributed by atoms with Gasteiger partial charge in [0, 0.05) is 24.3 Å². The summed E-state index contributed by atoms with van der Waals surface area (Å²) in [5.41, 5.74) is 4.50. The first-order valence-electron chi connectivity index (χ1n) is 8.36. The summed E-state index contributed by atoms with van der Waals surface area (Å²) >= 11 is 1.24. The Labute approximate surface area is 152 Å². The second kappa shape index (κ2) is 7.76. The van der Waals surface area contributed by atoms with Gasteiger partial charge in [0.2, 0.25) is 0 Å². The Bertz CT molecular complexity index is 828. The van der Waals surface area contributed by atoms with Crippen LogP contribution in [0, 0.1) is 13.8 Å². The summed E-state index contributed by atoms with van der Waals surface area (Å²) < 4.78 is 10.3. The van der Waals surface area contributed by atoms with Gasteiger partial charge in [-0.15, -0.1) is 0 Å². The molecule has 7 heteroatoms. The van der Waals surface area contributed by atoms with Gasteiger partial charge in [0.1, 0.15) is 11.4 Å². The summed E-state index contributed by atoms with van der Waals surface area (Å²) in [6.45, 7) is 8.49. The van der Waals surface area contributed by atoms with E-state index in [1.54, 1.807) is 6.20 Å². The number of aromatic nitrogens is 4. The van der Waals surface area contributed by atoms with E-state index in [1.807, 2.05) is 6.07 Å². The Morgan fingerprint density at radius 3 is 2.80 bits per heavy atom. The van der Waals surface area contributed by atoms with Crippen LogP contribution in [-0.2, 0) is 6.42 Å². The standard InChI is InChI=1S/C18H23N5OS/c1-5-23(4)9-7-14-10-13(3)16(11-12(14)2)24-18-20-17(22-25-18)15-6-8-19-21-15/h6,8,10-11H,5,7,9H2,1-4H3,(H,19,21). The molecule has 0 radical (unpaired) electrons. The molecule has 0 saturated carbocycles. The first-order chi connectivity index (χ1) is 12.1. The molecule has 1 N–H and O–H groups in total. The predicted octanol–water partition coefficient (Wildman–Crippen LogP) is 3.83. The number of nitrogens with zero attached hydrogens (tertiary/aromatic N) is 4. The fraction of sp³-hybridized carbons (Fsp3) is 0.389. The first kappa shape index (κ1) is 17.6. The molecule has 3 rings (SSSR count). The van der Waals surface area contributed by atoms with Crippen molar-refractivity contribution < 1.29 is 4.74 Å². The number of rotatable bonds is 7. The number of ether oxygens (including phenoxy) is 1. The van der Waals surface area contributed by atoms with E-state index in [0.717, 1.165) is 36.5 Å². The van der Waals surface area contributed by atoms with E-state index in [2.05, 4.69) is 64.4 Å². The summed E-state index contributed by atoms with van der Waals surface area (Å²) in [4.78, 5) is 6.74. The van der Waals surface area contributed by atoms with Gasteiger partial charge in [-0.05, 0) is 62.7 Å². The van der Waals surface area contributed by atoms with Gasteiger partial charge >= 0.3 is 0 Å². The minimum Gasteiger partial charge on any atom is -0.430 e. The lowest BCUT2D eigenvalue weighted by atomic mass is 10.0. The average molecular weight is 357 g/mol. The van der Waals surface area contributed by atoms with Crippen LogP contribution >= 0.6 is 11.5 Å². The van der Waals surface area contributed by atoms with E-state index >= 15 is 0 Å². The molecule has 0 unspecified atom stereocenters. The fourth-order valence-electron chi connectivity index (χ4n) is 2.53. The van der Waals surface area contributed by atoms with Gasteiger partial charge in [-0.1, -0.05) is 13.0 Å². The number of H-pyrrole nitrogens is 1. The van der Waals surface area contributed by atoms with Crippen LogP contribution in [0.3, 0.4) is 0 Å². The zero-order valence-electron chi connectivity index (χ0n) is 15.0. The Morgan fingerprint density at radius 2 is 2.08 bits per heavy atom. The summed E-state index contributed by atoms with van der Waals surface area (Å²) in [5, 5.41) is 7.31. The SMILES string of the molecule is CCN(C)CCc1cc(C)c(Oc2nc(-c3ccn[nH]3)ns2)cc1C. The molecule has 0 amide bonds. The van der Waals surface area contributed by atoms with E-state index in [-0.39, 0.29) is 0 Å². The predicted molar refractivity (Wildman–Crippen MR) is 100 cm³/mol. The van der Waals surface area contributed by atoms with E-state index in [0.29, 0.717) is 11.0 Å². The summed E-state index contributed by atoms with van der Waals surface area (Å²) in [7, 11) is 2.15. The average Bonchev–Trinajstić information content (AvgIpc) is 3.27. The van der Waals surface area contributed by atoms with Crippen LogP contribution in [0.4, 0.5) is 0 Å². The van der Waals surface area contributed by atoms with E-state index in [9.17, 15) is 0 Å². The van der Waals surface area contributed by atoms with E-state index < -0.39 is 0 Å². The fourth-order valence-corrected chi connectivity index (χ4v) is 3.09. The molecule has 0 spiro atoms. The molecule has 0 aliphatic rings. The van der Waals surface area contributed by atoms with Crippen molar-refractivity contribution in [2.24, 2.45) is 0 Å². The highest BCUT2D eigenvalue weighted by atomic mass is 32.1. The lowest BCUT2D eigenvalue weighted by Gasteiger charge is -2.16. The van der Waals surface area contributed by atoms with Gasteiger partial charge in [-0.2, -0.15) is 14.5 Å². The van der Waals surface area contributed by atoms with Crippen molar-refractivity contribution in [1.29, 1.82) is 0 Å². The maximum absolute atomic E-state index is 5.97. The van der Waals surface area contributed by atoms with Gasteiger partial charge in [0.15, 0.2) is 5.82 Å². The Hall–Kier alpha value is -2.25. The van der Waals surface area contributed by atoms with Gasteiger partial charge in [0.25, 0.3) is 5.19 Å². The van der Waals surface area contributed by atoms with Gasteiger partial charge in [-0.3, -0.25) is 5.10 Å². The van der Waals surface area contributed by atoms with Crippen LogP contribution in [-0.4, -0.2) is 44.6 Å². The van der Waals surface area contributed by atoms with Crippen LogP contribution < -0.4 is 4.74 Å². The number of benzene rings is 1. The van der Waals surface area contributed by atoms with Gasteiger partial charge < -0.3 is 9.64 Å². The molecule has 6 nitrogen and oxygen atoms in total. The van der Waals surface area contributed by atoms with Crippen molar-refractivity contribution in [2.45, 2.75) is 27.2 Å². The van der Waals surface area contributed by atoms with Crippen molar-refractivity contribution in [3.8, 4) is 22.5 Å². The number of hydrogen-bond donors (Lipinski definition) is 1. The van der Waals surface area contributed by atoms with E-state index in [1.165, 1.54) is 22.7 Å². The minimum absolute atomic E-state index is 0.533. The number of aromatic amines is 1. The highest BCUT2D eigenvalue weighted by Gasteiger charge is 2.12. The minimum atomic E-state index is 0.533. The highest BCUT2D eigenvalue weighted by molar-refractivity contribution is 7.07. The maximum atomic E-state index is 5.97. The zero-order chi connectivity index (χ0) is 17.8. The van der Waals surface area contributed by atoms with Crippen LogP contribution in [0.5, 0.6) is 10.9 Å². The lowest BCUT2D eigenvalue weighted by molar-refractivity contribution is 0.357. The summed E-state index contributed by atoms with van der Waals surface area (Å²) in [6.07, 6.45) is 2.72. The molecule has 132 valence electrons. The molecule has 2 aromatic heterocycles. The topological polar surface area (TPSA) is 66.9 Å². The molecule has 1 aromatic carbocycles. The number of nitrogens with one attached hydrogen (secondary N) is 1. The van der Waals surface area contributed by atoms with Crippen LogP contribution in [0.25, 0.3) is 11.5 Å². The monoisotopic (exact) mass is 357 g/mol. The normalized spacial score (nSPS) is 11.2. The Morgan fingerprint density at radius 1 is 1.24 bits per heavy atom. The largest absolute Gasteiger partial charge is 0.430 e. The first-order valence-corrected chi connectivity index (χ1v) is 9.14. The molecule has 3 aromatic rings. The Balaban J connectivity index is 1.73. The number of hydrogen-bond acceptors (Lipinski definition) is 6. The molecule has 0 atom stereocenters.